The third kappa shape index (κ3) is 6.34. The second kappa shape index (κ2) is 15.2. The van der Waals surface area contributed by atoms with E-state index in [1.165, 1.54) is 18.9 Å². The van der Waals surface area contributed by atoms with Gasteiger partial charge in [0.05, 0.1) is 42.8 Å². The lowest BCUT2D eigenvalue weighted by Crippen LogP contribution is -3.00. The number of quaternary nitrogens is 1. The molecule has 2 saturated heterocycles. The molecule has 53 heavy (non-hydrogen) atoms. The first-order valence-corrected chi connectivity index (χ1v) is 19.7. The second-order valence-corrected chi connectivity index (χ2v) is 18.3. The van der Waals surface area contributed by atoms with Crippen molar-refractivity contribution < 1.29 is 61.0 Å². The first-order valence-electron chi connectivity index (χ1n) is 19.3. The van der Waals surface area contributed by atoms with Gasteiger partial charge in [0.15, 0.2) is 11.6 Å². The molecule has 1 aromatic rings. The van der Waals surface area contributed by atoms with E-state index in [9.17, 15) is 34.8 Å². The van der Waals surface area contributed by atoms with Gasteiger partial charge in [0.2, 0.25) is 0 Å². The van der Waals surface area contributed by atoms with Gasteiger partial charge in [0, 0.05) is 36.5 Å². The number of ketones is 2. The van der Waals surface area contributed by atoms with Crippen LogP contribution in [0.1, 0.15) is 97.5 Å². The smallest absolute Gasteiger partial charge is 0.316 e. The molecule has 7 rings (SSSR count). The van der Waals surface area contributed by atoms with Crippen molar-refractivity contribution >= 4 is 29.1 Å². The Bertz CT molecular complexity index is 1600. The zero-order valence-electron chi connectivity index (χ0n) is 32.0. The number of halogens is 2. The highest BCUT2D eigenvalue weighted by Gasteiger charge is 2.74. The van der Waals surface area contributed by atoms with E-state index < -0.39 is 45.7 Å². The van der Waals surface area contributed by atoms with Gasteiger partial charge in [-0.25, -0.2) is 0 Å². The molecule has 0 aromatic heterocycles. The Hall–Kier alpha value is -1.92. The van der Waals surface area contributed by atoms with Crippen LogP contribution in [0.4, 0.5) is 0 Å². The Balaban J connectivity index is 0.000000203. The van der Waals surface area contributed by atoms with Crippen molar-refractivity contribution in [2.75, 3.05) is 20.3 Å². The van der Waals surface area contributed by atoms with E-state index in [0.717, 1.165) is 28.5 Å². The molecule has 1 aromatic carbocycles. The van der Waals surface area contributed by atoms with Gasteiger partial charge in [0.25, 0.3) is 0 Å². The molecular formula is C42H59BrClNO8. The molecule has 4 aliphatic carbocycles. The van der Waals surface area contributed by atoms with Crippen molar-refractivity contribution in [1.82, 2.24) is 0 Å². The monoisotopic (exact) mass is 819 g/mol. The number of esters is 1. The van der Waals surface area contributed by atoms with Gasteiger partial charge in [-0.2, -0.15) is 0 Å². The predicted molar refractivity (Wildman–Crippen MR) is 198 cm³/mol. The van der Waals surface area contributed by atoms with Gasteiger partial charge >= 0.3 is 5.97 Å². The topological polar surface area (TPSA) is 141 Å². The molecule has 2 aliphatic heterocycles. The summed E-state index contributed by atoms with van der Waals surface area (Å²) in [6.07, 6.45) is 10.6. The van der Waals surface area contributed by atoms with Gasteiger partial charge in [0.1, 0.15) is 24.2 Å². The zero-order chi connectivity index (χ0) is 38.0. The maximum Gasteiger partial charge on any atom is 0.316 e. The molecule has 0 amide bonds. The van der Waals surface area contributed by atoms with Gasteiger partial charge in [-0.05, 0) is 75.0 Å². The Morgan fingerprint density at radius 1 is 1.02 bits per heavy atom. The van der Waals surface area contributed by atoms with Crippen molar-refractivity contribution in [2.45, 2.75) is 133 Å². The van der Waals surface area contributed by atoms with Crippen molar-refractivity contribution in [3.05, 3.63) is 59.7 Å². The van der Waals surface area contributed by atoms with Gasteiger partial charge < -0.3 is 46.6 Å². The highest BCUT2D eigenvalue weighted by Crippen LogP contribution is 2.71. The summed E-state index contributed by atoms with van der Waals surface area (Å²) in [5.41, 5.74) is -1.42. The molecule has 4 N–H and O–H groups in total. The van der Waals surface area contributed by atoms with Crippen molar-refractivity contribution in [2.24, 2.45) is 28.6 Å². The standard InChI is InChI=1S/C22H29ClO5.C20H30NO3.BrH/c1-12-8-16-15-5-4-13-9-14(25)6-7-19(13,2)21(15,23)17(26)10-20(16,3)22(12,28)18(27)11-24;1-14(2)21(3)16-9-10-17(21)12-18(11-16)24-20(23)19(13-22)15-7-5-4-6-8-15;/h6-7,9,12,15-17,24,26,28H,4-5,8,10-11H2,1-3H3;4-8,14,16-19,22H,9-13H2,1-3H3;1H/q;+1;/p-1/t12-,15-,16-,17-,19-,20-,21-,22-;16-,17+,18?,19?,21?;/m0../s1. The number of allylic oxidation sites excluding steroid dienone is 4. The lowest BCUT2D eigenvalue weighted by molar-refractivity contribution is -0.968. The minimum Gasteiger partial charge on any atom is -1.00 e. The van der Waals surface area contributed by atoms with E-state index in [2.05, 4.69) is 20.9 Å². The summed E-state index contributed by atoms with van der Waals surface area (Å²) >= 11 is 7.30. The second-order valence-electron chi connectivity index (χ2n) is 17.6. The Labute approximate surface area is 330 Å². The number of hydrogen-bond acceptors (Lipinski definition) is 8. The first-order chi connectivity index (χ1) is 24.4. The molecule has 13 atom stereocenters. The number of alkyl halides is 1. The summed E-state index contributed by atoms with van der Waals surface area (Å²) in [4.78, 5) is 36.1. The van der Waals surface area contributed by atoms with Crippen LogP contribution in [0.5, 0.6) is 0 Å². The molecule has 3 unspecified atom stereocenters. The quantitative estimate of drug-likeness (QED) is 0.186. The van der Waals surface area contributed by atoms with E-state index in [0.29, 0.717) is 37.4 Å². The fourth-order valence-electron chi connectivity index (χ4n) is 12.1. The van der Waals surface area contributed by atoms with Crippen molar-refractivity contribution in [3.8, 4) is 0 Å². The predicted octanol–water partition coefficient (Wildman–Crippen LogP) is 2.02. The SMILES string of the molecule is CC(C)[N+]1(C)[C@@H]2CC[C@H]1CC(OC(=O)C(CO)c1ccccc1)C2.C[C@H]1C[C@H]2[C@@H]3CCC4=CC(=O)C=C[C@]4(C)[C@@]3(Cl)[C@@H](O)C[C@]2(C)[C@@]1(O)C(=O)CO.[Br-]. The molecule has 294 valence electrons. The molecule has 5 fully saturated rings. The lowest BCUT2D eigenvalue weighted by Gasteiger charge is -2.63. The number of ether oxygens (including phenoxy) is 1. The van der Waals surface area contributed by atoms with E-state index >= 15 is 0 Å². The van der Waals surface area contributed by atoms with Crippen molar-refractivity contribution in [1.29, 1.82) is 0 Å². The average molecular weight is 821 g/mol. The van der Waals surface area contributed by atoms with Gasteiger partial charge in [-0.1, -0.05) is 62.8 Å². The summed E-state index contributed by atoms with van der Waals surface area (Å²) in [6, 6.07) is 11.2. The summed E-state index contributed by atoms with van der Waals surface area (Å²) in [7, 11) is 2.37. The molecule has 6 aliphatic rings. The van der Waals surface area contributed by atoms with E-state index in [1.807, 2.05) is 57.2 Å². The van der Waals surface area contributed by atoms with Crippen LogP contribution in [-0.2, 0) is 19.1 Å². The molecular weight excluding hydrogens is 762 g/mol. The molecule has 0 spiro atoms. The van der Waals surface area contributed by atoms with Crippen molar-refractivity contribution in [3.63, 3.8) is 0 Å². The number of carbonyl (C=O) groups is 3. The van der Waals surface area contributed by atoms with Crippen LogP contribution in [0.3, 0.4) is 0 Å². The minimum absolute atomic E-state index is 0. The lowest BCUT2D eigenvalue weighted by atomic mass is 9.45. The van der Waals surface area contributed by atoms with Crippen LogP contribution < -0.4 is 17.0 Å². The fraction of sp³-hybridized carbons (Fsp3) is 0.690. The molecule has 11 heteroatoms. The summed E-state index contributed by atoms with van der Waals surface area (Å²) in [5.74, 6) is -2.00. The zero-order valence-corrected chi connectivity index (χ0v) is 34.4. The maximum atomic E-state index is 12.6. The fourth-order valence-corrected chi connectivity index (χ4v) is 12.6. The van der Waals surface area contributed by atoms with Crippen LogP contribution in [-0.4, -0.2) is 104 Å². The molecule has 9 nitrogen and oxygen atoms in total. The largest absolute Gasteiger partial charge is 1.00 e. The highest BCUT2D eigenvalue weighted by molar-refractivity contribution is 6.26. The van der Waals surface area contributed by atoms with Crippen LogP contribution >= 0.6 is 11.6 Å². The number of hydrogen-bond donors (Lipinski definition) is 4. The van der Waals surface area contributed by atoms with Gasteiger partial charge in [-0.15, -0.1) is 11.6 Å². The van der Waals surface area contributed by atoms with E-state index in [4.69, 9.17) is 16.3 Å². The normalized spacial score (nSPS) is 42.9. The number of aliphatic hydroxyl groups excluding tert-OH is 3. The number of benzene rings is 1. The maximum absolute atomic E-state index is 12.6. The molecule has 0 radical (unpaired) electrons. The minimum atomic E-state index is -1.68. The summed E-state index contributed by atoms with van der Waals surface area (Å²) in [6.45, 7) is 9.37. The van der Waals surface area contributed by atoms with Crippen LogP contribution in [0, 0.1) is 28.6 Å². The van der Waals surface area contributed by atoms with Crippen LogP contribution in [0.2, 0.25) is 0 Å². The number of carbonyl (C=O) groups excluding carboxylic acids is 3. The Morgan fingerprint density at radius 3 is 2.21 bits per heavy atom. The average Bonchev–Trinajstić information content (AvgIpc) is 3.39. The summed E-state index contributed by atoms with van der Waals surface area (Å²) in [5, 5.41) is 42.0. The Morgan fingerprint density at radius 2 is 1.64 bits per heavy atom. The van der Waals surface area contributed by atoms with E-state index in [1.54, 1.807) is 6.08 Å². The molecule has 2 bridgehead atoms. The van der Waals surface area contributed by atoms with Crippen LogP contribution in [0.25, 0.3) is 0 Å². The third-order valence-corrected chi connectivity index (χ3v) is 16.3. The third-order valence-electron chi connectivity index (χ3n) is 15.3. The Kier molecular flexibility index (Phi) is 12.1. The number of aliphatic hydroxyl groups is 4. The number of Topliss-reactive ketones (excluding diaryl/α,β-unsaturated/α-hetero) is 1. The highest BCUT2D eigenvalue weighted by atomic mass is 79.9. The van der Waals surface area contributed by atoms with E-state index in [-0.39, 0.29) is 65.6 Å². The molecule has 3 saturated carbocycles. The number of fused-ring (bicyclic) bond motifs is 7. The first kappa shape index (κ1) is 42.2. The summed E-state index contributed by atoms with van der Waals surface area (Å²) < 4.78 is 6.96. The van der Waals surface area contributed by atoms with Crippen LogP contribution in [0.15, 0.2) is 54.1 Å². The molecule has 2 heterocycles. The number of nitrogens with zero attached hydrogens (tertiary/aromatic N) is 1. The number of piperidine rings is 1. The van der Waals surface area contributed by atoms with Gasteiger partial charge in [-0.3, -0.25) is 14.4 Å². The number of rotatable bonds is 7.